The molecule has 1 N–H and O–H groups in total. The lowest BCUT2D eigenvalue weighted by molar-refractivity contribution is 0.133. The lowest BCUT2D eigenvalue weighted by Crippen LogP contribution is -2.35. The Bertz CT molecular complexity index is 394. The van der Waals surface area contributed by atoms with Crippen molar-refractivity contribution in [3.8, 4) is 0 Å². The Morgan fingerprint density at radius 3 is 2.82 bits per heavy atom. The van der Waals surface area contributed by atoms with Gasteiger partial charge in [0.25, 0.3) is 0 Å². The third-order valence-electron chi connectivity index (χ3n) is 3.87. The average molecular weight is 250 g/mol. The maximum Gasteiger partial charge on any atom is 0.0724 e. The zero-order chi connectivity index (χ0) is 12.5. The SMILES string of the molecule is Cc1ccc(C)c(CC(O)C2(C)CCCS2)c1. The first-order valence-corrected chi connectivity index (χ1v) is 7.38. The summed E-state index contributed by atoms with van der Waals surface area (Å²) >= 11 is 1.93. The number of benzene rings is 1. The lowest BCUT2D eigenvalue weighted by Gasteiger charge is -2.29. The molecule has 2 heteroatoms. The molecule has 1 aliphatic heterocycles. The zero-order valence-electron chi connectivity index (χ0n) is 11.0. The van der Waals surface area contributed by atoms with Crippen molar-refractivity contribution in [1.29, 1.82) is 0 Å². The maximum atomic E-state index is 10.5. The van der Waals surface area contributed by atoms with E-state index in [1.807, 2.05) is 11.8 Å². The molecule has 2 rings (SSSR count). The summed E-state index contributed by atoms with van der Waals surface area (Å²) in [6, 6.07) is 6.50. The summed E-state index contributed by atoms with van der Waals surface area (Å²) < 4.78 is 0.0657. The van der Waals surface area contributed by atoms with E-state index in [0.717, 1.165) is 12.8 Å². The van der Waals surface area contributed by atoms with E-state index in [0.29, 0.717) is 0 Å². The molecule has 1 aliphatic rings. The van der Waals surface area contributed by atoms with Crippen LogP contribution in [0.3, 0.4) is 0 Å². The van der Waals surface area contributed by atoms with Crippen LogP contribution in [-0.2, 0) is 6.42 Å². The van der Waals surface area contributed by atoms with Gasteiger partial charge in [0, 0.05) is 4.75 Å². The smallest absolute Gasteiger partial charge is 0.0724 e. The molecule has 0 saturated carbocycles. The van der Waals surface area contributed by atoms with Gasteiger partial charge in [-0.2, -0.15) is 11.8 Å². The zero-order valence-corrected chi connectivity index (χ0v) is 11.8. The van der Waals surface area contributed by atoms with Gasteiger partial charge in [-0.3, -0.25) is 0 Å². The Hall–Kier alpha value is -0.470. The Kier molecular flexibility index (Phi) is 3.84. The summed E-state index contributed by atoms with van der Waals surface area (Å²) in [5.74, 6) is 1.19. The summed E-state index contributed by atoms with van der Waals surface area (Å²) in [6.07, 6.45) is 2.95. The van der Waals surface area contributed by atoms with E-state index in [9.17, 15) is 5.11 Å². The molecule has 1 heterocycles. The molecule has 0 spiro atoms. The van der Waals surface area contributed by atoms with Gasteiger partial charge in [-0.15, -0.1) is 0 Å². The van der Waals surface area contributed by atoms with Crippen LogP contribution in [-0.4, -0.2) is 21.7 Å². The van der Waals surface area contributed by atoms with Crippen molar-refractivity contribution < 1.29 is 5.11 Å². The lowest BCUT2D eigenvalue weighted by atomic mass is 9.91. The minimum absolute atomic E-state index is 0.0657. The highest BCUT2D eigenvalue weighted by atomic mass is 32.2. The topological polar surface area (TPSA) is 20.2 Å². The van der Waals surface area contributed by atoms with Crippen LogP contribution in [0.15, 0.2) is 18.2 Å². The minimum Gasteiger partial charge on any atom is -0.391 e. The number of hydrogen-bond donors (Lipinski definition) is 1. The van der Waals surface area contributed by atoms with Gasteiger partial charge >= 0.3 is 0 Å². The fourth-order valence-corrected chi connectivity index (χ4v) is 3.83. The Morgan fingerprint density at radius 2 is 2.18 bits per heavy atom. The summed E-state index contributed by atoms with van der Waals surface area (Å²) in [7, 11) is 0. The van der Waals surface area contributed by atoms with Crippen LogP contribution < -0.4 is 0 Å². The second kappa shape index (κ2) is 5.03. The van der Waals surface area contributed by atoms with Gasteiger partial charge in [-0.25, -0.2) is 0 Å². The number of hydrogen-bond acceptors (Lipinski definition) is 2. The molecule has 1 aromatic rings. The van der Waals surface area contributed by atoms with Crippen LogP contribution in [0.2, 0.25) is 0 Å². The summed E-state index contributed by atoms with van der Waals surface area (Å²) in [5.41, 5.74) is 3.87. The first-order valence-electron chi connectivity index (χ1n) is 6.39. The van der Waals surface area contributed by atoms with Crippen LogP contribution in [0.5, 0.6) is 0 Å². The predicted octanol–water partition coefficient (Wildman–Crippen LogP) is 3.49. The maximum absolute atomic E-state index is 10.5. The van der Waals surface area contributed by atoms with Gasteiger partial charge in [0.1, 0.15) is 0 Å². The van der Waals surface area contributed by atoms with Gasteiger partial charge < -0.3 is 5.11 Å². The van der Waals surface area contributed by atoms with Crippen LogP contribution in [0.25, 0.3) is 0 Å². The third kappa shape index (κ3) is 2.86. The molecule has 0 amide bonds. The monoisotopic (exact) mass is 250 g/mol. The first kappa shape index (κ1) is 13.0. The van der Waals surface area contributed by atoms with Crippen molar-refractivity contribution >= 4 is 11.8 Å². The molecule has 0 radical (unpaired) electrons. The predicted molar refractivity (Wildman–Crippen MR) is 75.7 cm³/mol. The van der Waals surface area contributed by atoms with Crippen molar-refractivity contribution in [1.82, 2.24) is 0 Å². The van der Waals surface area contributed by atoms with Crippen LogP contribution in [0, 0.1) is 13.8 Å². The number of aryl methyl sites for hydroxylation is 2. The van der Waals surface area contributed by atoms with Crippen LogP contribution >= 0.6 is 11.8 Å². The van der Waals surface area contributed by atoms with E-state index < -0.39 is 0 Å². The van der Waals surface area contributed by atoms with E-state index in [1.165, 1.54) is 28.9 Å². The molecule has 1 saturated heterocycles. The molecule has 2 atom stereocenters. The van der Waals surface area contributed by atoms with E-state index in [1.54, 1.807) is 0 Å². The molecule has 1 fully saturated rings. The number of aliphatic hydroxyl groups is 1. The highest BCUT2D eigenvalue weighted by molar-refractivity contribution is 8.00. The van der Waals surface area contributed by atoms with Crippen molar-refractivity contribution in [2.45, 2.75) is 50.9 Å². The molecular weight excluding hydrogens is 228 g/mol. The fourth-order valence-electron chi connectivity index (χ4n) is 2.51. The Balaban J connectivity index is 2.12. The van der Waals surface area contributed by atoms with Crippen molar-refractivity contribution in [2.75, 3.05) is 5.75 Å². The Morgan fingerprint density at radius 1 is 1.41 bits per heavy atom. The second-order valence-electron chi connectivity index (χ2n) is 5.41. The van der Waals surface area contributed by atoms with Gasteiger partial charge in [0.2, 0.25) is 0 Å². The number of aliphatic hydroxyl groups excluding tert-OH is 1. The number of rotatable bonds is 3. The van der Waals surface area contributed by atoms with Crippen LogP contribution in [0.4, 0.5) is 0 Å². The molecule has 17 heavy (non-hydrogen) atoms. The summed E-state index contributed by atoms with van der Waals surface area (Å²) in [6.45, 7) is 6.45. The standard InChI is InChI=1S/C15H22OS/c1-11-5-6-12(2)13(9-11)10-14(16)15(3)7-4-8-17-15/h5-6,9,14,16H,4,7-8,10H2,1-3H3. The summed E-state index contributed by atoms with van der Waals surface area (Å²) in [4.78, 5) is 0. The van der Waals surface area contributed by atoms with E-state index in [2.05, 4.69) is 39.0 Å². The third-order valence-corrected chi connectivity index (χ3v) is 5.50. The highest BCUT2D eigenvalue weighted by Gasteiger charge is 2.36. The van der Waals surface area contributed by atoms with Gasteiger partial charge in [0.05, 0.1) is 6.10 Å². The normalized spacial score (nSPS) is 26.1. The van der Waals surface area contributed by atoms with Gasteiger partial charge in [-0.05, 0) is 56.9 Å². The van der Waals surface area contributed by atoms with E-state index >= 15 is 0 Å². The van der Waals surface area contributed by atoms with E-state index in [-0.39, 0.29) is 10.9 Å². The van der Waals surface area contributed by atoms with Gasteiger partial charge in [0.15, 0.2) is 0 Å². The average Bonchev–Trinajstić information content (AvgIpc) is 2.72. The summed E-state index contributed by atoms with van der Waals surface area (Å²) in [5, 5.41) is 10.5. The minimum atomic E-state index is -0.226. The first-order chi connectivity index (χ1) is 8.01. The molecule has 2 unspecified atom stereocenters. The molecule has 94 valence electrons. The Labute approximate surface area is 109 Å². The van der Waals surface area contributed by atoms with Crippen molar-refractivity contribution in [3.63, 3.8) is 0 Å². The fraction of sp³-hybridized carbons (Fsp3) is 0.600. The second-order valence-corrected chi connectivity index (χ2v) is 7.04. The highest BCUT2D eigenvalue weighted by Crippen LogP contribution is 2.41. The molecule has 0 aromatic heterocycles. The van der Waals surface area contributed by atoms with Gasteiger partial charge in [-0.1, -0.05) is 23.8 Å². The van der Waals surface area contributed by atoms with E-state index in [4.69, 9.17) is 0 Å². The van der Waals surface area contributed by atoms with Crippen molar-refractivity contribution in [2.24, 2.45) is 0 Å². The molecule has 0 aliphatic carbocycles. The molecular formula is C15H22OS. The molecule has 0 bridgehead atoms. The van der Waals surface area contributed by atoms with Crippen LogP contribution in [0.1, 0.15) is 36.5 Å². The largest absolute Gasteiger partial charge is 0.391 e. The molecule has 1 nitrogen and oxygen atoms in total. The van der Waals surface area contributed by atoms with Crippen molar-refractivity contribution in [3.05, 3.63) is 34.9 Å². The number of thioether (sulfide) groups is 1. The molecule has 1 aromatic carbocycles. The quantitative estimate of drug-likeness (QED) is 0.886.